The molecule has 0 fully saturated rings. The van der Waals surface area contributed by atoms with Crippen LogP contribution in [0.2, 0.25) is 0 Å². The molecule has 8 heteroatoms. The minimum absolute atomic E-state index is 0.750. The van der Waals surface area contributed by atoms with Gasteiger partial charge >= 0.3 is 7.82 Å². The van der Waals surface area contributed by atoms with E-state index in [4.69, 9.17) is 24.6 Å². The molecular weight excluding hydrogens is 156 g/mol. The number of carbonyl (C=O) groups excluding carboxylic acids is 1. The highest BCUT2D eigenvalue weighted by atomic mass is 31.2. The molecule has 0 amide bonds. The van der Waals surface area contributed by atoms with E-state index in [-0.39, 0.29) is 0 Å². The fourth-order valence-corrected chi connectivity index (χ4v) is 0. The summed E-state index contributed by atoms with van der Waals surface area (Å²) < 4.78 is 21.4. The van der Waals surface area contributed by atoms with Gasteiger partial charge in [0.05, 0.1) is 0 Å². The molecule has 0 aliphatic carbocycles. The summed E-state index contributed by atoms with van der Waals surface area (Å²) in [5, 5.41) is 5.40. The zero-order valence-electron chi connectivity index (χ0n) is 3.94. The van der Waals surface area contributed by atoms with Gasteiger partial charge in [-0.15, -0.1) is 0 Å². The van der Waals surface area contributed by atoms with E-state index in [1.54, 1.807) is 0 Å². The summed E-state index contributed by atoms with van der Waals surface area (Å²) >= 11 is 0. The molecule has 0 aromatic carbocycles. The summed E-state index contributed by atoms with van der Waals surface area (Å²) in [6.07, 6.45) is 0.750. The predicted molar refractivity (Wildman–Crippen MR) is 22.7 cm³/mol. The van der Waals surface area contributed by atoms with Crippen molar-refractivity contribution in [3.05, 3.63) is 0 Å². The van der Waals surface area contributed by atoms with Crippen LogP contribution in [0.5, 0.6) is 0 Å². The molecule has 0 heterocycles. The standard InChI is InChI=1S/CHNO.FH2O4P/c2-1-3;1-5-6(2,3)4/h2H;(H2,2,3,4). The van der Waals surface area contributed by atoms with Crippen LogP contribution >= 0.6 is 7.82 Å². The molecule has 0 aromatic rings. The van der Waals surface area contributed by atoms with E-state index in [2.05, 4.69) is 4.73 Å². The molecule has 0 atom stereocenters. The van der Waals surface area contributed by atoms with Crippen LogP contribution in [0, 0.1) is 5.41 Å². The lowest BCUT2D eigenvalue weighted by Gasteiger charge is -1.87. The number of rotatable bonds is 1. The lowest BCUT2D eigenvalue weighted by atomic mass is 11.7. The van der Waals surface area contributed by atoms with Crippen LogP contribution in [0.4, 0.5) is 4.53 Å². The molecular formula is CH3FNO5P. The van der Waals surface area contributed by atoms with Crippen molar-refractivity contribution in [2.45, 2.75) is 0 Å². The van der Waals surface area contributed by atoms with Gasteiger partial charge in [0.2, 0.25) is 6.08 Å². The molecule has 0 radical (unpaired) electrons. The van der Waals surface area contributed by atoms with Crippen molar-refractivity contribution < 1.29 is 28.4 Å². The molecule has 3 N–H and O–H groups in total. The Kier molecular flexibility index (Phi) is 6.94. The van der Waals surface area contributed by atoms with Crippen molar-refractivity contribution >= 4 is 13.9 Å². The largest absolute Gasteiger partial charge is 0.500 e. The van der Waals surface area contributed by atoms with Crippen LogP contribution in [-0.2, 0) is 14.1 Å². The van der Waals surface area contributed by atoms with Crippen LogP contribution in [0.15, 0.2) is 0 Å². The van der Waals surface area contributed by atoms with Gasteiger partial charge in [0, 0.05) is 0 Å². The summed E-state index contributed by atoms with van der Waals surface area (Å²) in [6.45, 7) is 0. The van der Waals surface area contributed by atoms with Gasteiger partial charge in [-0.1, -0.05) is 4.73 Å². The Morgan fingerprint density at radius 2 is 1.78 bits per heavy atom. The number of hydrogen-bond donors (Lipinski definition) is 3. The van der Waals surface area contributed by atoms with Gasteiger partial charge in [0.1, 0.15) is 0 Å². The Labute approximate surface area is 48.9 Å². The van der Waals surface area contributed by atoms with E-state index in [0.29, 0.717) is 0 Å². The maximum Gasteiger partial charge on any atom is 0.500 e. The molecule has 0 aliphatic rings. The normalized spacial score (nSPS) is 8.78. The number of halogens is 1. The quantitative estimate of drug-likeness (QED) is 0.281. The molecule has 9 heavy (non-hydrogen) atoms. The van der Waals surface area contributed by atoms with Crippen LogP contribution in [0.1, 0.15) is 0 Å². The molecule has 0 aliphatic heterocycles. The molecule has 0 unspecified atom stereocenters. The molecule has 0 bridgehead atoms. The maximum absolute atomic E-state index is 10.2. The van der Waals surface area contributed by atoms with E-state index >= 15 is 0 Å². The average molecular weight is 159 g/mol. The van der Waals surface area contributed by atoms with E-state index in [9.17, 15) is 4.53 Å². The molecule has 0 rings (SSSR count). The van der Waals surface area contributed by atoms with Crippen LogP contribution in [-0.4, -0.2) is 15.9 Å². The van der Waals surface area contributed by atoms with E-state index < -0.39 is 7.82 Å². The van der Waals surface area contributed by atoms with Gasteiger partial charge in [-0.3, -0.25) is 0 Å². The van der Waals surface area contributed by atoms with Gasteiger partial charge in [-0.05, 0) is 4.53 Å². The Hall–Kier alpha value is -0.580. The Morgan fingerprint density at radius 3 is 1.78 bits per heavy atom. The number of hydrogen-bond acceptors (Lipinski definition) is 4. The summed E-state index contributed by atoms with van der Waals surface area (Å²) in [5.41, 5.74) is 0. The van der Waals surface area contributed by atoms with E-state index in [1.165, 1.54) is 0 Å². The van der Waals surface area contributed by atoms with Gasteiger partial charge in [-0.25, -0.2) is 14.8 Å². The highest BCUT2D eigenvalue weighted by molar-refractivity contribution is 7.46. The minimum Gasteiger partial charge on any atom is -0.301 e. The van der Waals surface area contributed by atoms with E-state index in [1.807, 2.05) is 0 Å². The van der Waals surface area contributed by atoms with Crippen molar-refractivity contribution in [3.63, 3.8) is 0 Å². The van der Waals surface area contributed by atoms with Crippen LogP contribution < -0.4 is 0 Å². The molecule has 0 spiro atoms. The first-order valence-electron chi connectivity index (χ1n) is 1.37. The summed E-state index contributed by atoms with van der Waals surface area (Å²) in [4.78, 5) is 23.0. The number of phosphoric acid groups is 1. The van der Waals surface area contributed by atoms with Crippen LogP contribution in [0.3, 0.4) is 0 Å². The van der Waals surface area contributed by atoms with Crippen molar-refractivity contribution in [2.24, 2.45) is 0 Å². The maximum atomic E-state index is 10.2. The zero-order valence-corrected chi connectivity index (χ0v) is 4.84. The summed E-state index contributed by atoms with van der Waals surface area (Å²) in [5.74, 6) is 0. The summed E-state index contributed by atoms with van der Waals surface area (Å²) in [7, 11) is -4.81. The Bertz CT molecular complexity index is 134. The van der Waals surface area contributed by atoms with Crippen molar-refractivity contribution in [1.29, 1.82) is 5.41 Å². The van der Waals surface area contributed by atoms with Gasteiger partial charge in [0.15, 0.2) is 0 Å². The molecule has 0 saturated heterocycles. The monoisotopic (exact) mass is 159 g/mol. The Morgan fingerprint density at radius 1 is 1.67 bits per heavy atom. The first-order chi connectivity index (χ1) is 3.97. The molecule has 54 valence electrons. The van der Waals surface area contributed by atoms with Crippen LogP contribution in [0.25, 0.3) is 0 Å². The van der Waals surface area contributed by atoms with Gasteiger partial charge in [0.25, 0.3) is 0 Å². The fraction of sp³-hybridized carbons (Fsp3) is 0. The zero-order chi connectivity index (χ0) is 7.91. The average Bonchev–Trinajstić information content (AvgIpc) is 1.67. The second-order valence-corrected chi connectivity index (χ2v) is 1.78. The predicted octanol–water partition coefficient (Wildman–Crippen LogP) is -0.119. The van der Waals surface area contributed by atoms with E-state index in [0.717, 1.165) is 6.08 Å². The molecule has 6 nitrogen and oxygen atoms in total. The minimum atomic E-state index is -4.81. The highest BCUT2D eigenvalue weighted by Gasteiger charge is 2.12. The molecule has 0 aromatic heterocycles. The third-order valence-corrected chi connectivity index (χ3v) is 0.270. The number of isocyanates is 1. The second-order valence-electron chi connectivity index (χ2n) is 0.662. The fourth-order valence-electron chi connectivity index (χ4n) is 0. The summed E-state index contributed by atoms with van der Waals surface area (Å²) in [6, 6.07) is 0. The SMILES string of the molecule is N=C=O.O=P(O)(O)OF. The van der Waals surface area contributed by atoms with Crippen molar-refractivity contribution in [1.82, 2.24) is 0 Å². The first-order valence-corrected chi connectivity index (χ1v) is 2.90. The smallest absolute Gasteiger partial charge is 0.301 e. The topological polar surface area (TPSA) is 108 Å². The van der Waals surface area contributed by atoms with Gasteiger partial charge in [-0.2, -0.15) is 0 Å². The third kappa shape index (κ3) is 37.2. The lowest BCUT2D eigenvalue weighted by Crippen LogP contribution is -1.71. The van der Waals surface area contributed by atoms with Crippen molar-refractivity contribution in [2.75, 3.05) is 0 Å². The first kappa shape index (κ1) is 11.2. The Balaban J connectivity index is 0. The second kappa shape index (κ2) is 5.55. The molecule has 0 saturated carbocycles. The lowest BCUT2D eigenvalue weighted by molar-refractivity contribution is -0.0389. The number of nitrogens with one attached hydrogen (secondary N) is 1. The van der Waals surface area contributed by atoms with Gasteiger partial charge < -0.3 is 9.79 Å². The van der Waals surface area contributed by atoms with Crippen molar-refractivity contribution in [3.8, 4) is 0 Å². The third-order valence-electron chi connectivity index (χ3n) is 0.0899. The highest BCUT2D eigenvalue weighted by Crippen LogP contribution is 2.35.